The van der Waals surface area contributed by atoms with Gasteiger partial charge in [-0.15, -0.1) is 0 Å². The van der Waals surface area contributed by atoms with Crippen molar-refractivity contribution in [2.24, 2.45) is 0 Å². The van der Waals surface area contributed by atoms with Gasteiger partial charge in [0.15, 0.2) is 0 Å². The zero-order valence-electron chi connectivity index (χ0n) is 12.2. The molecule has 96 valence electrons. The van der Waals surface area contributed by atoms with Gasteiger partial charge >= 0.3 is 0 Å². The highest BCUT2D eigenvalue weighted by Crippen LogP contribution is 2.33. The van der Waals surface area contributed by atoms with Crippen LogP contribution in [0.15, 0.2) is 12.3 Å². The highest BCUT2D eigenvalue weighted by atomic mass is 15.1. The molecule has 0 aliphatic carbocycles. The number of aromatic nitrogens is 2. The van der Waals surface area contributed by atoms with Gasteiger partial charge in [-0.25, -0.2) is 0 Å². The van der Waals surface area contributed by atoms with E-state index in [4.69, 9.17) is 0 Å². The summed E-state index contributed by atoms with van der Waals surface area (Å²) >= 11 is 0. The van der Waals surface area contributed by atoms with Crippen LogP contribution in [0, 0.1) is 13.8 Å². The Labute approximate surface area is 109 Å². The molecule has 18 heavy (non-hydrogen) atoms. The first-order valence-electron chi connectivity index (χ1n) is 6.68. The van der Waals surface area contributed by atoms with Crippen molar-refractivity contribution in [3.63, 3.8) is 0 Å². The second kappa shape index (κ2) is 4.68. The number of hydrogen-bond donors (Lipinski definition) is 0. The van der Waals surface area contributed by atoms with Gasteiger partial charge < -0.3 is 0 Å². The van der Waals surface area contributed by atoms with Crippen molar-refractivity contribution >= 4 is 10.9 Å². The smallest absolute Gasteiger partial charge is 0.0967 e. The van der Waals surface area contributed by atoms with Crippen LogP contribution in [0.25, 0.3) is 10.9 Å². The Hall–Kier alpha value is -1.44. The van der Waals surface area contributed by atoms with Crippen LogP contribution in [0.3, 0.4) is 0 Å². The third-order valence-electron chi connectivity index (χ3n) is 3.73. The van der Waals surface area contributed by atoms with E-state index in [1.54, 1.807) is 0 Å². The second-order valence-corrected chi connectivity index (χ2v) is 5.74. The van der Waals surface area contributed by atoms with Gasteiger partial charge in [0.1, 0.15) is 0 Å². The van der Waals surface area contributed by atoms with E-state index in [1.807, 2.05) is 6.20 Å². The van der Waals surface area contributed by atoms with E-state index in [0.717, 1.165) is 5.52 Å². The minimum absolute atomic E-state index is 0.475. The molecule has 0 saturated heterocycles. The van der Waals surface area contributed by atoms with Crippen LogP contribution in [-0.4, -0.2) is 10.2 Å². The largest absolute Gasteiger partial charge is 0.158 e. The van der Waals surface area contributed by atoms with Crippen LogP contribution in [0.4, 0.5) is 0 Å². The van der Waals surface area contributed by atoms with Crippen molar-refractivity contribution in [1.29, 1.82) is 0 Å². The second-order valence-electron chi connectivity index (χ2n) is 5.74. The molecular formula is C16H22N2. The molecule has 0 atom stereocenters. The predicted octanol–water partition coefficient (Wildman–Crippen LogP) is 4.49. The normalized spacial score (nSPS) is 11.8. The third kappa shape index (κ3) is 2.00. The SMILES string of the molecule is Cc1cc(C(C)C)c2c(C(C)C)cnnc2c1C. The number of rotatable bonds is 2. The lowest BCUT2D eigenvalue weighted by Gasteiger charge is -2.18. The lowest BCUT2D eigenvalue weighted by atomic mass is 9.88. The minimum Gasteiger partial charge on any atom is -0.158 e. The van der Waals surface area contributed by atoms with E-state index in [9.17, 15) is 0 Å². The van der Waals surface area contributed by atoms with Gasteiger partial charge in [-0.1, -0.05) is 33.8 Å². The van der Waals surface area contributed by atoms with Crippen LogP contribution in [0.2, 0.25) is 0 Å². The van der Waals surface area contributed by atoms with Gasteiger partial charge in [-0.3, -0.25) is 0 Å². The van der Waals surface area contributed by atoms with Crippen LogP contribution in [-0.2, 0) is 0 Å². The molecule has 1 aromatic carbocycles. The molecule has 2 nitrogen and oxygen atoms in total. The summed E-state index contributed by atoms with van der Waals surface area (Å²) in [6, 6.07) is 2.32. The first-order chi connectivity index (χ1) is 8.43. The molecule has 0 aliphatic heterocycles. The summed E-state index contributed by atoms with van der Waals surface area (Å²) in [6.45, 7) is 13.2. The Morgan fingerprint density at radius 1 is 0.944 bits per heavy atom. The zero-order valence-corrected chi connectivity index (χ0v) is 12.2. The Kier molecular flexibility index (Phi) is 3.38. The van der Waals surface area contributed by atoms with Crippen molar-refractivity contribution in [1.82, 2.24) is 10.2 Å². The Morgan fingerprint density at radius 2 is 1.56 bits per heavy atom. The molecular weight excluding hydrogens is 220 g/mol. The average molecular weight is 242 g/mol. The van der Waals surface area contributed by atoms with Gasteiger partial charge in [0.2, 0.25) is 0 Å². The van der Waals surface area contributed by atoms with Crippen LogP contribution in [0.5, 0.6) is 0 Å². The van der Waals surface area contributed by atoms with Crippen molar-refractivity contribution < 1.29 is 0 Å². The van der Waals surface area contributed by atoms with Gasteiger partial charge in [0.25, 0.3) is 0 Å². The minimum atomic E-state index is 0.475. The van der Waals surface area contributed by atoms with Crippen LogP contribution in [0.1, 0.15) is 61.8 Å². The van der Waals surface area contributed by atoms with Gasteiger partial charge in [-0.2, -0.15) is 10.2 Å². The highest BCUT2D eigenvalue weighted by molar-refractivity contribution is 5.89. The summed E-state index contributed by atoms with van der Waals surface area (Å²) in [7, 11) is 0. The molecule has 1 heterocycles. The molecule has 0 amide bonds. The highest BCUT2D eigenvalue weighted by Gasteiger charge is 2.16. The van der Waals surface area contributed by atoms with Crippen molar-refractivity contribution in [2.45, 2.75) is 53.4 Å². The van der Waals surface area contributed by atoms with E-state index >= 15 is 0 Å². The molecule has 0 saturated carbocycles. The lowest BCUT2D eigenvalue weighted by Crippen LogP contribution is -2.02. The number of fused-ring (bicyclic) bond motifs is 1. The molecule has 2 aromatic rings. The summed E-state index contributed by atoms with van der Waals surface area (Å²) in [5.41, 5.74) is 6.34. The van der Waals surface area contributed by atoms with E-state index < -0.39 is 0 Å². The fourth-order valence-corrected chi connectivity index (χ4v) is 2.46. The Morgan fingerprint density at radius 3 is 2.11 bits per heavy atom. The topological polar surface area (TPSA) is 25.8 Å². The number of benzene rings is 1. The van der Waals surface area contributed by atoms with Gasteiger partial charge in [0.05, 0.1) is 11.7 Å². The summed E-state index contributed by atoms with van der Waals surface area (Å²) < 4.78 is 0. The van der Waals surface area contributed by atoms with Crippen LogP contribution >= 0.6 is 0 Å². The number of aryl methyl sites for hydroxylation is 2. The predicted molar refractivity (Wildman–Crippen MR) is 77.2 cm³/mol. The van der Waals surface area contributed by atoms with Crippen molar-refractivity contribution in [3.8, 4) is 0 Å². The molecule has 0 N–H and O–H groups in total. The molecule has 2 rings (SSSR count). The summed E-state index contributed by atoms with van der Waals surface area (Å²) in [4.78, 5) is 0. The first kappa shape index (κ1) is 13.0. The lowest BCUT2D eigenvalue weighted by molar-refractivity contribution is 0.838. The van der Waals surface area contributed by atoms with Crippen molar-refractivity contribution in [3.05, 3.63) is 34.5 Å². The molecule has 1 aromatic heterocycles. The van der Waals surface area contributed by atoms with Gasteiger partial charge in [0, 0.05) is 5.39 Å². The van der Waals surface area contributed by atoms with E-state index in [2.05, 4.69) is 57.8 Å². The maximum absolute atomic E-state index is 4.38. The standard InChI is InChI=1S/C16H22N2/c1-9(2)13-7-11(5)12(6)16-15(13)14(10(3)4)8-17-18-16/h7-10H,1-6H3. The fourth-order valence-electron chi connectivity index (χ4n) is 2.46. The van der Waals surface area contributed by atoms with Gasteiger partial charge in [-0.05, 0) is 47.9 Å². The molecule has 0 unspecified atom stereocenters. The summed E-state index contributed by atoms with van der Waals surface area (Å²) in [6.07, 6.45) is 1.92. The molecule has 0 bridgehead atoms. The van der Waals surface area contributed by atoms with E-state index in [1.165, 1.54) is 27.6 Å². The third-order valence-corrected chi connectivity index (χ3v) is 3.73. The number of nitrogens with zero attached hydrogens (tertiary/aromatic N) is 2. The quantitative estimate of drug-likeness (QED) is 0.775. The fraction of sp³-hybridized carbons (Fsp3) is 0.500. The Bertz CT molecular complexity index is 583. The Balaban J connectivity index is 2.95. The number of hydrogen-bond acceptors (Lipinski definition) is 2. The van der Waals surface area contributed by atoms with Crippen LogP contribution < -0.4 is 0 Å². The maximum Gasteiger partial charge on any atom is 0.0967 e. The monoisotopic (exact) mass is 242 g/mol. The molecule has 2 heteroatoms. The molecule has 0 spiro atoms. The summed E-state index contributed by atoms with van der Waals surface area (Å²) in [5, 5.41) is 9.88. The summed E-state index contributed by atoms with van der Waals surface area (Å²) in [5.74, 6) is 0.983. The molecule has 0 fully saturated rings. The molecule has 0 aliphatic rings. The first-order valence-corrected chi connectivity index (χ1v) is 6.68. The maximum atomic E-state index is 4.38. The average Bonchev–Trinajstić information content (AvgIpc) is 2.32. The van der Waals surface area contributed by atoms with Crippen molar-refractivity contribution in [2.75, 3.05) is 0 Å². The van der Waals surface area contributed by atoms with E-state index in [-0.39, 0.29) is 0 Å². The molecule has 0 radical (unpaired) electrons. The van der Waals surface area contributed by atoms with E-state index in [0.29, 0.717) is 11.8 Å². The zero-order chi connectivity index (χ0) is 13.4.